The number of rotatable bonds is 5. The summed E-state index contributed by atoms with van der Waals surface area (Å²) >= 11 is 0. The normalized spacial score (nSPS) is 17.0. The number of nitrogens with one attached hydrogen (secondary N) is 1. The molecule has 1 aromatic heterocycles. The molecule has 3 rings (SSSR count). The molecule has 0 aliphatic carbocycles. The number of nitrogens with zero attached hydrogens (tertiary/aromatic N) is 3. The first-order chi connectivity index (χ1) is 12.4. The summed E-state index contributed by atoms with van der Waals surface area (Å²) in [4.78, 5) is 37.3. The molecule has 0 saturated carbocycles. The number of carbonyl (C=O) groups excluding carboxylic acids is 3. The van der Waals surface area contributed by atoms with Gasteiger partial charge in [-0.3, -0.25) is 14.9 Å². The van der Waals surface area contributed by atoms with Crippen LogP contribution in [0, 0.1) is 0 Å². The van der Waals surface area contributed by atoms with Crippen LogP contribution in [-0.4, -0.2) is 36.2 Å². The van der Waals surface area contributed by atoms with Crippen LogP contribution in [0.1, 0.15) is 22.5 Å². The highest BCUT2D eigenvalue weighted by Crippen LogP contribution is 2.24. The van der Waals surface area contributed by atoms with Crippen LogP contribution in [-0.2, 0) is 27.9 Å². The van der Waals surface area contributed by atoms with Crippen LogP contribution in [0.2, 0.25) is 0 Å². The molecule has 1 saturated heterocycles. The van der Waals surface area contributed by atoms with Gasteiger partial charge in [0.05, 0.1) is 42.6 Å². The zero-order chi connectivity index (χ0) is 18.8. The Balaban J connectivity index is 1.71. The van der Waals surface area contributed by atoms with Crippen molar-refractivity contribution in [2.75, 3.05) is 12.0 Å². The number of ether oxygens (including phenoxy) is 1. The van der Waals surface area contributed by atoms with Crippen LogP contribution in [0.5, 0.6) is 5.95 Å². The third-order valence-electron chi connectivity index (χ3n) is 4.08. The third-order valence-corrected chi connectivity index (χ3v) is 4.08. The second-order valence-corrected chi connectivity index (χ2v) is 5.67. The quantitative estimate of drug-likeness (QED) is 0.399. The number of amides is 2. The van der Waals surface area contributed by atoms with Gasteiger partial charge in [0.25, 0.3) is 5.91 Å². The number of hydrogen-bond donors (Lipinski definition) is 1. The molecule has 0 spiro atoms. The topological polar surface area (TPSA) is 129 Å². The molecule has 0 radical (unpaired) electrons. The molecule has 10 nitrogen and oxygen atoms in total. The molecule has 1 unspecified atom stereocenters. The predicted molar refractivity (Wildman–Crippen MR) is 82.6 cm³/mol. The first kappa shape index (κ1) is 17.5. The maximum atomic E-state index is 12.5. The van der Waals surface area contributed by atoms with E-state index >= 15 is 0 Å². The SMILES string of the molecule is COC(=O)c1ccc(N2C(=O)CC(NCc3c([O-])on[n+]3C)C2=O)cc1. The summed E-state index contributed by atoms with van der Waals surface area (Å²) in [6, 6.07) is 5.18. The van der Waals surface area contributed by atoms with Gasteiger partial charge in [-0.15, -0.1) is 0 Å². The molecule has 1 N–H and O–H groups in total. The van der Waals surface area contributed by atoms with Gasteiger partial charge in [-0.05, 0) is 24.3 Å². The summed E-state index contributed by atoms with van der Waals surface area (Å²) in [5, 5.41) is 17.9. The lowest BCUT2D eigenvalue weighted by Crippen LogP contribution is -2.42. The molecule has 136 valence electrons. The lowest BCUT2D eigenvalue weighted by molar-refractivity contribution is -0.746. The smallest absolute Gasteiger partial charge is 0.337 e. The zero-order valence-corrected chi connectivity index (χ0v) is 14.1. The molecule has 1 aliphatic rings. The molecule has 1 fully saturated rings. The number of aryl methyl sites for hydroxylation is 1. The van der Waals surface area contributed by atoms with E-state index in [4.69, 9.17) is 0 Å². The number of esters is 1. The average molecular weight is 360 g/mol. The Bertz CT molecular complexity index is 841. The zero-order valence-electron chi connectivity index (χ0n) is 14.1. The Kier molecular flexibility index (Phi) is 4.67. The maximum absolute atomic E-state index is 12.5. The molecule has 10 heteroatoms. The molecule has 0 bridgehead atoms. The van der Waals surface area contributed by atoms with Gasteiger partial charge < -0.3 is 14.4 Å². The number of methoxy groups -OCH3 is 1. The van der Waals surface area contributed by atoms with Crippen LogP contribution in [0.4, 0.5) is 5.69 Å². The highest BCUT2D eigenvalue weighted by molar-refractivity contribution is 6.22. The fourth-order valence-corrected chi connectivity index (χ4v) is 2.67. The first-order valence-electron chi connectivity index (χ1n) is 7.72. The number of benzene rings is 1. The second kappa shape index (κ2) is 6.92. The van der Waals surface area contributed by atoms with Gasteiger partial charge in [-0.1, -0.05) is 4.68 Å². The van der Waals surface area contributed by atoms with Gasteiger partial charge in [-0.2, -0.15) is 0 Å². The number of aromatic nitrogens is 2. The van der Waals surface area contributed by atoms with Gasteiger partial charge in [-0.25, -0.2) is 9.69 Å². The molecule has 26 heavy (non-hydrogen) atoms. The summed E-state index contributed by atoms with van der Waals surface area (Å²) in [6.45, 7) is 0.0393. The minimum Gasteiger partial charge on any atom is -0.539 e. The van der Waals surface area contributed by atoms with Crippen molar-refractivity contribution >= 4 is 23.5 Å². The summed E-state index contributed by atoms with van der Waals surface area (Å²) in [5.41, 5.74) is 0.913. The van der Waals surface area contributed by atoms with Gasteiger partial charge in [0.1, 0.15) is 0 Å². The second-order valence-electron chi connectivity index (χ2n) is 5.67. The van der Waals surface area contributed by atoms with E-state index in [1.807, 2.05) is 0 Å². The Morgan fingerprint density at radius 1 is 1.42 bits per heavy atom. The first-order valence-corrected chi connectivity index (χ1v) is 7.72. The Hall–Kier alpha value is -3.27. The summed E-state index contributed by atoms with van der Waals surface area (Å²) < 4.78 is 10.4. The highest BCUT2D eigenvalue weighted by Gasteiger charge is 2.39. The number of anilines is 1. The molecule has 1 atom stereocenters. The van der Waals surface area contributed by atoms with Gasteiger partial charge in [0.2, 0.25) is 11.6 Å². The van der Waals surface area contributed by atoms with Crippen molar-refractivity contribution in [2.24, 2.45) is 7.05 Å². The van der Waals surface area contributed by atoms with E-state index in [0.29, 0.717) is 11.3 Å². The molecular weight excluding hydrogens is 344 g/mol. The molecule has 2 heterocycles. The Morgan fingerprint density at radius 3 is 2.69 bits per heavy atom. The molecule has 2 amide bonds. The highest BCUT2D eigenvalue weighted by atomic mass is 16.6. The van der Waals surface area contributed by atoms with Crippen molar-refractivity contribution in [1.29, 1.82) is 0 Å². The van der Waals surface area contributed by atoms with E-state index < -0.39 is 23.9 Å². The Labute approximate surface area is 147 Å². The lowest BCUT2D eigenvalue weighted by Gasteiger charge is -2.15. The minimum atomic E-state index is -0.767. The van der Waals surface area contributed by atoms with Crippen molar-refractivity contribution in [3.8, 4) is 5.95 Å². The van der Waals surface area contributed by atoms with E-state index in [-0.39, 0.29) is 24.6 Å². The fourth-order valence-electron chi connectivity index (χ4n) is 2.67. The van der Waals surface area contributed by atoms with Crippen LogP contribution in [0.25, 0.3) is 0 Å². The standard InChI is InChI=1S/C16H16N4O6/c1-19-12(16(24)26-18-19)8-17-11-7-13(21)20(14(11)22)10-5-3-9(4-6-10)15(23)25-2/h3-6,11,17H,7-8H2,1-2H3. The van der Waals surface area contributed by atoms with Crippen molar-refractivity contribution in [3.63, 3.8) is 0 Å². The Morgan fingerprint density at radius 2 is 2.12 bits per heavy atom. The number of hydrogen-bond acceptors (Lipinski definition) is 8. The van der Waals surface area contributed by atoms with E-state index in [2.05, 4.69) is 19.8 Å². The number of carbonyl (C=O) groups is 3. The monoisotopic (exact) mass is 360 g/mol. The van der Waals surface area contributed by atoms with Crippen LogP contribution >= 0.6 is 0 Å². The van der Waals surface area contributed by atoms with Crippen LogP contribution < -0.4 is 20.0 Å². The molecular formula is C16H16N4O6. The average Bonchev–Trinajstić information content (AvgIpc) is 3.11. The molecule has 1 aliphatic heterocycles. The molecule has 2 aromatic rings. The minimum absolute atomic E-state index is 0.0393. The van der Waals surface area contributed by atoms with Crippen LogP contribution in [0.3, 0.4) is 0 Å². The summed E-state index contributed by atoms with van der Waals surface area (Å²) in [6.07, 6.45) is -0.0409. The lowest BCUT2D eigenvalue weighted by atomic mass is 10.2. The van der Waals surface area contributed by atoms with Gasteiger partial charge in [0, 0.05) is 0 Å². The van der Waals surface area contributed by atoms with Crippen molar-refractivity contribution in [3.05, 3.63) is 35.5 Å². The van der Waals surface area contributed by atoms with E-state index in [9.17, 15) is 19.5 Å². The largest absolute Gasteiger partial charge is 0.539 e. The fraction of sp³-hybridized carbons (Fsp3) is 0.312. The summed E-state index contributed by atoms with van der Waals surface area (Å²) in [5.74, 6) is -1.93. The third kappa shape index (κ3) is 3.14. The van der Waals surface area contributed by atoms with E-state index in [0.717, 1.165) is 4.90 Å². The molecule has 1 aromatic carbocycles. The van der Waals surface area contributed by atoms with Crippen molar-refractivity contribution in [2.45, 2.75) is 19.0 Å². The summed E-state index contributed by atoms with van der Waals surface area (Å²) in [7, 11) is 2.81. The van der Waals surface area contributed by atoms with E-state index in [1.54, 1.807) is 7.05 Å². The predicted octanol–water partition coefficient (Wildman–Crippen LogP) is -1.22. The van der Waals surface area contributed by atoms with Gasteiger partial charge in [0.15, 0.2) is 13.0 Å². The van der Waals surface area contributed by atoms with Crippen molar-refractivity contribution < 1.29 is 33.4 Å². The number of imide groups is 1. The van der Waals surface area contributed by atoms with Gasteiger partial charge >= 0.3 is 5.97 Å². The maximum Gasteiger partial charge on any atom is 0.337 e. The van der Waals surface area contributed by atoms with Crippen molar-refractivity contribution in [1.82, 2.24) is 10.6 Å². The van der Waals surface area contributed by atoms with Crippen LogP contribution in [0.15, 0.2) is 28.8 Å². The van der Waals surface area contributed by atoms with E-state index in [1.165, 1.54) is 36.1 Å².